The van der Waals surface area contributed by atoms with Gasteiger partial charge >= 0.3 is 5.97 Å². The van der Waals surface area contributed by atoms with Crippen LogP contribution in [-0.4, -0.2) is 36.1 Å². The van der Waals surface area contributed by atoms with Crippen LogP contribution in [0, 0.1) is 0 Å². The highest BCUT2D eigenvalue weighted by molar-refractivity contribution is 8.02. The van der Waals surface area contributed by atoms with Gasteiger partial charge in [0.05, 0.1) is 6.61 Å². The number of aliphatic carboxylic acids is 1. The van der Waals surface area contributed by atoms with Gasteiger partial charge in [0.15, 0.2) is 6.10 Å². The average Bonchev–Trinajstić information content (AvgIpc) is 2.97. The highest BCUT2D eigenvalue weighted by Gasteiger charge is 2.21. The molecule has 0 fully saturated rings. The van der Waals surface area contributed by atoms with Gasteiger partial charge in [-0.1, -0.05) is 48.6 Å². The minimum atomic E-state index is -0.936. The van der Waals surface area contributed by atoms with Crippen molar-refractivity contribution in [1.82, 2.24) is 0 Å². The molecule has 4 nitrogen and oxygen atoms in total. The topological polar surface area (TPSA) is 55.8 Å². The molecular formula is C27H28O4S. The standard InChI is InChI=1S/C27H28O4S/c1-2-30-26(27(28)29)17-19-7-11-22(12-8-19)31-15-13-20-9-10-21-14-16-32-18-25(21)24-6-4-3-5-23(20)24/h3-12,14,16,20,26H,2,13,15,17-18H2,1H3,(H,28,29). The molecule has 2 aromatic rings. The Morgan fingerprint density at radius 2 is 1.97 bits per heavy atom. The zero-order valence-corrected chi connectivity index (χ0v) is 19.0. The third-order valence-corrected chi connectivity index (χ3v) is 6.58. The molecule has 0 bridgehead atoms. The highest BCUT2D eigenvalue weighted by atomic mass is 32.2. The van der Waals surface area contributed by atoms with Crippen molar-refractivity contribution >= 4 is 23.3 Å². The molecule has 166 valence electrons. The number of carboxylic acids is 1. The van der Waals surface area contributed by atoms with Gasteiger partial charge in [0.2, 0.25) is 0 Å². The average molecular weight is 449 g/mol. The summed E-state index contributed by atoms with van der Waals surface area (Å²) in [5, 5.41) is 11.4. The summed E-state index contributed by atoms with van der Waals surface area (Å²) in [7, 11) is 0. The summed E-state index contributed by atoms with van der Waals surface area (Å²) in [4.78, 5) is 11.3. The van der Waals surface area contributed by atoms with Crippen molar-refractivity contribution in [2.45, 2.75) is 31.8 Å². The number of allylic oxidation sites excluding steroid dienone is 4. The quantitative estimate of drug-likeness (QED) is 0.521. The molecule has 2 atom stereocenters. The van der Waals surface area contributed by atoms with Crippen LogP contribution in [0.15, 0.2) is 77.7 Å². The van der Waals surface area contributed by atoms with Crippen molar-refractivity contribution in [1.29, 1.82) is 0 Å². The van der Waals surface area contributed by atoms with Crippen molar-refractivity contribution in [3.05, 3.63) is 94.4 Å². The Morgan fingerprint density at radius 1 is 1.16 bits per heavy atom. The number of carbonyl (C=O) groups is 1. The predicted molar refractivity (Wildman–Crippen MR) is 130 cm³/mol. The van der Waals surface area contributed by atoms with E-state index >= 15 is 0 Å². The summed E-state index contributed by atoms with van der Waals surface area (Å²) < 4.78 is 11.3. The number of hydrogen-bond donors (Lipinski definition) is 1. The van der Waals surface area contributed by atoms with Crippen molar-refractivity contribution in [2.24, 2.45) is 0 Å². The zero-order valence-electron chi connectivity index (χ0n) is 18.2. The maximum atomic E-state index is 11.3. The Hall–Kier alpha value is -2.76. The van der Waals surface area contributed by atoms with Crippen LogP contribution in [0.3, 0.4) is 0 Å². The summed E-state index contributed by atoms with van der Waals surface area (Å²) in [5.41, 5.74) is 6.35. The van der Waals surface area contributed by atoms with Crippen LogP contribution in [0.25, 0.3) is 5.57 Å². The van der Waals surface area contributed by atoms with E-state index in [0.29, 0.717) is 25.6 Å². The van der Waals surface area contributed by atoms with E-state index in [4.69, 9.17) is 9.47 Å². The number of ether oxygens (including phenoxy) is 2. The lowest BCUT2D eigenvalue weighted by atomic mass is 9.90. The molecule has 32 heavy (non-hydrogen) atoms. The van der Waals surface area contributed by atoms with Gasteiger partial charge in [0, 0.05) is 24.7 Å². The molecular weight excluding hydrogens is 420 g/mol. The van der Waals surface area contributed by atoms with Crippen molar-refractivity contribution in [3.8, 4) is 5.75 Å². The van der Waals surface area contributed by atoms with Gasteiger partial charge in [-0.05, 0) is 64.8 Å². The fraction of sp³-hybridized carbons (Fsp3) is 0.296. The summed E-state index contributed by atoms with van der Waals surface area (Å²) in [6, 6.07) is 16.3. The molecule has 0 saturated heterocycles. The summed E-state index contributed by atoms with van der Waals surface area (Å²) in [6.45, 7) is 2.79. The maximum absolute atomic E-state index is 11.3. The maximum Gasteiger partial charge on any atom is 0.333 e. The van der Waals surface area contributed by atoms with Gasteiger partial charge < -0.3 is 14.6 Å². The zero-order chi connectivity index (χ0) is 22.3. The van der Waals surface area contributed by atoms with E-state index in [9.17, 15) is 9.90 Å². The largest absolute Gasteiger partial charge is 0.494 e. The van der Waals surface area contributed by atoms with Crippen LogP contribution in [-0.2, 0) is 16.0 Å². The number of fused-ring (bicyclic) bond motifs is 2. The Labute approximate surface area is 193 Å². The van der Waals surface area contributed by atoms with E-state index in [1.54, 1.807) is 6.92 Å². The second kappa shape index (κ2) is 10.7. The normalized spacial score (nSPS) is 18.0. The molecule has 5 heteroatoms. The highest BCUT2D eigenvalue weighted by Crippen LogP contribution is 2.38. The number of carboxylic acid groups (broad SMARTS) is 1. The molecule has 0 aromatic heterocycles. The first-order valence-corrected chi connectivity index (χ1v) is 12.1. The van der Waals surface area contributed by atoms with Gasteiger partial charge in [-0.2, -0.15) is 0 Å². The molecule has 2 aromatic carbocycles. The summed E-state index contributed by atoms with van der Waals surface area (Å²) >= 11 is 1.84. The molecule has 1 N–H and O–H groups in total. The lowest BCUT2D eigenvalue weighted by Gasteiger charge is -2.19. The fourth-order valence-corrected chi connectivity index (χ4v) is 4.98. The van der Waals surface area contributed by atoms with Crippen molar-refractivity contribution in [3.63, 3.8) is 0 Å². The van der Waals surface area contributed by atoms with Crippen LogP contribution < -0.4 is 4.74 Å². The van der Waals surface area contributed by atoms with E-state index in [2.05, 4.69) is 47.9 Å². The Morgan fingerprint density at radius 3 is 2.75 bits per heavy atom. The van der Waals surface area contributed by atoms with E-state index in [1.165, 1.54) is 22.3 Å². The lowest BCUT2D eigenvalue weighted by Crippen LogP contribution is -2.26. The van der Waals surface area contributed by atoms with Crippen LogP contribution in [0.1, 0.15) is 36.0 Å². The SMILES string of the molecule is CCOC(Cc1ccc(OCCC2C=CC3=C(CSC=C3)c3ccccc32)cc1)C(=O)O. The first-order chi connectivity index (χ1) is 15.7. The van der Waals surface area contributed by atoms with E-state index < -0.39 is 12.1 Å². The fourth-order valence-electron chi connectivity index (χ4n) is 4.15. The van der Waals surface area contributed by atoms with Gasteiger partial charge in [0.25, 0.3) is 0 Å². The Kier molecular flexibility index (Phi) is 7.51. The number of thioether (sulfide) groups is 1. The van der Waals surface area contributed by atoms with Gasteiger partial charge in [-0.25, -0.2) is 4.79 Å². The van der Waals surface area contributed by atoms with Crippen molar-refractivity contribution < 1.29 is 19.4 Å². The molecule has 2 unspecified atom stereocenters. The van der Waals surface area contributed by atoms with Crippen LogP contribution in [0.4, 0.5) is 0 Å². The molecule has 0 radical (unpaired) electrons. The first kappa shape index (κ1) is 22.4. The lowest BCUT2D eigenvalue weighted by molar-refractivity contribution is -0.149. The molecule has 1 heterocycles. The third-order valence-electron chi connectivity index (χ3n) is 5.80. The second-order valence-electron chi connectivity index (χ2n) is 7.87. The Balaban J connectivity index is 1.37. The molecule has 0 amide bonds. The number of benzene rings is 2. The van der Waals surface area contributed by atoms with Crippen LogP contribution in [0.5, 0.6) is 5.75 Å². The van der Waals surface area contributed by atoms with Crippen LogP contribution in [0.2, 0.25) is 0 Å². The minimum Gasteiger partial charge on any atom is -0.494 e. The molecule has 0 saturated carbocycles. The second-order valence-corrected chi connectivity index (χ2v) is 8.76. The number of rotatable bonds is 9. The van der Waals surface area contributed by atoms with Gasteiger partial charge in [-0.3, -0.25) is 0 Å². The van der Waals surface area contributed by atoms with Crippen LogP contribution >= 0.6 is 11.8 Å². The van der Waals surface area contributed by atoms with Gasteiger partial charge in [-0.15, -0.1) is 11.8 Å². The van der Waals surface area contributed by atoms with Crippen molar-refractivity contribution in [2.75, 3.05) is 19.0 Å². The molecule has 1 aliphatic carbocycles. The molecule has 2 aliphatic rings. The summed E-state index contributed by atoms with van der Waals surface area (Å²) in [6.07, 6.45) is 7.17. The van der Waals surface area contributed by atoms with E-state index in [-0.39, 0.29) is 0 Å². The monoisotopic (exact) mass is 448 g/mol. The number of hydrogen-bond acceptors (Lipinski definition) is 4. The third kappa shape index (κ3) is 5.34. The summed E-state index contributed by atoms with van der Waals surface area (Å²) in [5.74, 6) is 1.17. The smallest absolute Gasteiger partial charge is 0.333 e. The van der Waals surface area contributed by atoms with Gasteiger partial charge in [0.1, 0.15) is 5.75 Å². The molecule has 4 rings (SSSR count). The van der Waals surface area contributed by atoms with E-state index in [0.717, 1.165) is 23.5 Å². The minimum absolute atomic E-state index is 0.303. The first-order valence-electron chi connectivity index (χ1n) is 11.0. The van der Waals surface area contributed by atoms with E-state index in [1.807, 2.05) is 36.0 Å². The molecule has 1 aliphatic heterocycles. The predicted octanol–water partition coefficient (Wildman–Crippen LogP) is 5.86. The molecule has 0 spiro atoms. The Bertz CT molecular complexity index is 1040.